The highest BCUT2D eigenvalue weighted by Gasteiger charge is 2.36. The second kappa shape index (κ2) is 7.00. The van der Waals surface area contributed by atoms with Crippen LogP contribution in [0.15, 0.2) is 0 Å². The summed E-state index contributed by atoms with van der Waals surface area (Å²) in [5, 5.41) is 3.86. The molecule has 0 aromatic rings. The zero-order valence-corrected chi connectivity index (χ0v) is 14.4. The average Bonchev–Trinajstić information content (AvgIpc) is 3.30. The molecule has 3 saturated carbocycles. The fourth-order valence-electron chi connectivity index (χ4n) is 4.80. The highest BCUT2D eigenvalue weighted by Crippen LogP contribution is 2.38. The molecule has 2 nitrogen and oxygen atoms in total. The molecule has 122 valence electrons. The molecule has 2 unspecified atom stereocenters. The Hall–Kier alpha value is -0.0800. The summed E-state index contributed by atoms with van der Waals surface area (Å²) in [5.74, 6) is 0.943. The Kier molecular flexibility index (Phi) is 5.27. The minimum Gasteiger partial charge on any atom is -0.313 e. The predicted octanol–water partition coefficient (Wildman–Crippen LogP) is 4.20. The summed E-state index contributed by atoms with van der Waals surface area (Å²) in [4.78, 5) is 2.75. The highest BCUT2D eigenvalue weighted by atomic mass is 15.1. The molecule has 0 amide bonds. The standard InChI is InChI=1S/C19H36N2/c1-16-7-6-8-18(13-16)21(2)15-19(11-4-3-5-12-19)14-20-17-9-10-17/h16-18,20H,3-15H2,1-2H3. The third-order valence-electron chi connectivity index (χ3n) is 6.37. The Morgan fingerprint density at radius 2 is 1.76 bits per heavy atom. The summed E-state index contributed by atoms with van der Waals surface area (Å²) in [5.41, 5.74) is 0.580. The minimum absolute atomic E-state index is 0.580. The van der Waals surface area contributed by atoms with Crippen molar-refractivity contribution in [3.63, 3.8) is 0 Å². The first-order chi connectivity index (χ1) is 10.2. The van der Waals surface area contributed by atoms with Crippen molar-refractivity contribution in [2.45, 2.75) is 89.6 Å². The van der Waals surface area contributed by atoms with Gasteiger partial charge in [-0.25, -0.2) is 0 Å². The maximum atomic E-state index is 3.86. The normalized spacial score (nSPS) is 33.3. The van der Waals surface area contributed by atoms with Gasteiger partial charge >= 0.3 is 0 Å². The van der Waals surface area contributed by atoms with Crippen LogP contribution in [0.25, 0.3) is 0 Å². The van der Waals surface area contributed by atoms with Crippen LogP contribution in [-0.4, -0.2) is 37.1 Å². The van der Waals surface area contributed by atoms with Crippen LogP contribution in [0, 0.1) is 11.3 Å². The molecule has 0 radical (unpaired) electrons. The molecule has 3 aliphatic carbocycles. The smallest absolute Gasteiger partial charge is 0.00949 e. The molecule has 0 aromatic heterocycles. The summed E-state index contributed by atoms with van der Waals surface area (Å²) in [7, 11) is 2.41. The minimum atomic E-state index is 0.580. The van der Waals surface area contributed by atoms with Gasteiger partial charge in [-0.15, -0.1) is 0 Å². The van der Waals surface area contributed by atoms with Gasteiger partial charge in [-0.05, 0) is 56.9 Å². The summed E-state index contributed by atoms with van der Waals surface area (Å²) in [6, 6.07) is 1.72. The van der Waals surface area contributed by atoms with Gasteiger partial charge in [0.05, 0.1) is 0 Å². The number of hydrogen-bond acceptors (Lipinski definition) is 2. The summed E-state index contributed by atoms with van der Waals surface area (Å²) >= 11 is 0. The molecule has 0 saturated heterocycles. The van der Waals surface area contributed by atoms with E-state index in [4.69, 9.17) is 0 Å². The summed E-state index contributed by atoms with van der Waals surface area (Å²) in [6.45, 7) is 5.07. The van der Waals surface area contributed by atoms with E-state index in [-0.39, 0.29) is 0 Å². The van der Waals surface area contributed by atoms with Gasteiger partial charge in [0, 0.05) is 25.2 Å². The number of rotatable bonds is 6. The van der Waals surface area contributed by atoms with Crippen LogP contribution in [0.1, 0.15) is 77.6 Å². The molecule has 1 N–H and O–H groups in total. The Labute approximate surface area is 132 Å². The fraction of sp³-hybridized carbons (Fsp3) is 1.00. The fourth-order valence-corrected chi connectivity index (χ4v) is 4.80. The van der Waals surface area contributed by atoms with E-state index >= 15 is 0 Å². The highest BCUT2D eigenvalue weighted by molar-refractivity contribution is 4.92. The zero-order chi connectivity index (χ0) is 14.7. The SMILES string of the molecule is CC1CCCC(N(C)CC2(CNC3CC3)CCCCC2)C1. The topological polar surface area (TPSA) is 15.3 Å². The van der Waals surface area contributed by atoms with Crippen molar-refractivity contribution < 1.29 is 0 Å². The van der Waals surface area contributed by atoms with Gasteiger partial charge in [0.25, 0.3) is 0 Å². The van der Waals surface area contributed by atoms with E-state index in [0.717, 1.165) is 18.0 Å². The predicted molar refractivity (Wildman–Crippen MR) is 90.6 cm³/mol. The lowest BCUT2D eigenvalue weighted by atomic mass is 9.73. The third-order valence-corrected chi connectivity index (χ3v) is 6.37. The number of nitrogens with zero attached hydrogens (tertiary/aromatic N) is 1. The number of nitrogens with one attached hydrogen (secondary N) is 1. The molecular weight excluding hydrogens is 256 g/mol. The molecule has 21 heavy (non-hydrogen) atoms. The molecule has 2 heteroatoms. The van der Waals surface area contributed by atoms with Crippen LogP contribution in [0.4, 0.5) is 0 Å². The van der Waals surface area contributed by atoms with Crippen LogP contribution >= 0.6 is 0 Å². The van der Waals surface area contributed by atoms with Gasteiger partial charge in [-0.1, -0.05) is 39.0 Å². The van der Waals surface area contributed by atoms with Crippen molar-refractivity contribution in [2.24, 2.45) is 11.3 Å². The molecular formula is C19H36N2. The summed E-state index contributed by atoms with van der Waals surface area (Å²) in [6.07, 6.45) is 15.9. The average molecular weight is 293 g/mol. The second-order valence-electron chi connectivity index (χ2n) is 8.56. The van der Waals surface area contributed by atoms with Gasteiger partial charge in [0.15, 0.2) is 0 Å². The van der Waals surface area contributed by atoms with E-state index in [0.29, 0.717) is 5.41 Å². The van der Waals surface area contributed by atoms with E-state index < -0.39 is 0 Å². The van der Waals surface area contributed by atoms with Gasteiger partial charge in [0.2, 0.25) is 0 Å². The molecule has 3 aliphatic rings. The second-order valence-corrected chi connectivity index (χ2v) is 8.56. The van der Waals surface area contributed by atoms with Crippen molar-refractivity contribution in [2.75, 3.05) is 20.1 Å². The van der Waals surface area contributed by atoms with E-state index in [9.17, 15) is 0 Å². The van der Waals surface area contributed by atoms with Crippen molar-refractivity contribution >= 4 is 0 Å². The van der Waals surface area contributed by atoms with E-state index in [1.165, 1.54) is 83.7 Å². The van der Waals surface area contributed by atoms with Crippen LogP contribution < -0.4 is 5.32 Å². The van der Waals surface area contributed by atoms with Crippen molar-refractivity contribution in [1.82, 2.24) is 10.2 Å². The lowest BCUT2D eigenvalue weighted by Gasteiger charge is -2.44. The van der Waals surface area contributed by atoms with E-state index in [2.05, 4.69) is 24.2 Å². The molecule has 3 fully saturated rings. The molecule has 0 aromatic carbocycles. The number of hydrogen-bond donors (Lipinski definition) is 1. The zero-order valence-electron chi connectivity index (χ0n) is 14.4. The molecule has 0 heterocycles. The van der Waals surface area contributed by atoms with Crippen LogP contribution in [0.3, 0.4) is 0 Å². The largest absolute Gasteiger partial charge is 0.313 e. The quantitative estimate of drug-likeness (QED) is 0.789. The molecule has 0 bridgehead atoms. The van der Waals surface area contributed by atoms with E-state index in [1.807, 2.05) is 0 Å². The van der Waals surface area contributed by atoms with Crippen molar-refractivity contribution in [1.29, 1.82) is 0 Å². The monoisotopic (exact) mass is 292 g/mol. The van der Waals surface area contributed by atoms with E-state index in [1.54, 1.807) is 0 Å². The molecule has 2 atom stereocenters. The maximum Gasteiger partial charge on any atom is 0.00949 e. The Balaban J connectivity index is 1.56. The van der Waals surface area contributed by atoms with Crippen molar-refractivity contribution in [3.05, 3.63) is 0 Å². The van der Waals surface area contributed by atoms with Gasteiger partial charge in [0.1, 0.15) is 0 Å². The first-order valence-electron chi connectivity index (χ1n) is 9.60. The third kappa shape index (κ3) is 4.45. The van der Waals surface area contributed by atoms with Crippen LogP contribution in [0.5, 0.6) is 0 Å². The molecule has 3 rings (SSSR count). The van der Waals surface area contributed by atoms with Gasteiger partial charge in [-0.3, -0.25) is 0 Å². The Morgan fingerprint density at radius 1 is 1.00 bits per heavy atom. The lowest BCUT2D eigenvalue weighted by Crippen LogP contribution is -2.48. The Morgan fingerprint density at radius 3 is 2.43 bits per heavy atom. The molecule has 0 aliphatic heterocycles. The first kappa shape index (κ1) is 15.8. The maximum absolute atomic E-state index is 3.86. The first-order valence-corrected chi connectivity index (χ1v) is 9.60. The molecule has 0 spiro atoms. The van der Waals surface area contributed by atoms with Crippen molar-refractivity contribution in [3.8, 4) is 0 Å². The lowest BCUT2D eigenvalue weighted by molar-refractivity contribution is 0.0714. The van der Waals surface area contributed by atoms with Gasteiger partial charge in [-0.2, -0.15) is 0 Å². The Bertz CT molecular complexity index is 318. The van der Waals surface area contributed by atoms with Crippen LogP contribution in [-0.2, 0) is 0 Å². The van der Waals surface area contributed by atoms with Gasteiger partial charge < -0.3 is 10.2 Å². The van der Waals surface area contributed by atoms with Crippen LogP contribution in [0.2, 0.25) is 0 Å². The summed E-state index contributed by atoms with van der Waals surface area (Å²) < 4.78 is 0.